The van der Waals surface area contributed by atoms with E-state index in [4.69, 9.17) is 0 Å². The molecule has 1 aliphatic heterocycles. The van der Waals surface area contributed by atoms with Gasteiger partial charge in [-0.2, -0.15) is 13.2 Å². The summed E-state index contributed by atoms with van der Waals surface area (Å²) < 4.78 is 37.7. The number of halogens is 3. The number of carbonyl (C=O) groups excluding carboxylic acids is 1. The largest absolute Gasteiger partial charge is 0.417 e. The van der Waals surface area contributed by atoms with E-state index in [0.717, 1.165) is 17.3 Å². The smallest absolute Gasteiger partial charge is 0.354 e. The predicted molar refractivity (Wildman–Crippen MR) is 86.3 cm³/mol. The van der Waals surface area contributed by atoms with Crippen molar-refractivity contribution in [2.24, 2.45) is 0 Å². The van der Waals surface area contributed by atoms with Gasteiger partial charge in [-0.1, -0.05) is 0 Å². The third kappa shape index (κ3) is 3.97. The van der Waals surface area contributed by atoms with E-state index in [9.17, 15) is 18.0 Å². The number of hydrogen-bond donors (Lipinski definition) is 2. The Kier molecular flexibility index (Phi) is 4.61. The second kappa shape index (κ2) is 6.68. The number of nitrogens with zero attached hydrogens (tertiary/aromatic N) is 2. The lowest BCUT2D eigenvalue weighted by atomic mass is 10.2. The number of pyridine rings is 1. The van der Waals surface area contributed by atoms with Crippen molar-refractivity contribution in [1.29, 1.82) is 0 Å². The third-order valence-corrected chi connectivity index (χ3v) is 4.47. The first-order valence-corrected chi connectivity index (χ1v) is 8.19. The molecule has 2 aromatic heterocycles. The molecule has 1 fully saturated rings. The minimum Gasteiger partial charge on any atom is -0.354 e. The quantitative estimate of drug-likeness (QED) is 0.884. The Balaban J connectivity index is 1.54. The van der Waals surface area contributed by atoms with E-state index < -0.39 is 11.7 Å². The minimum absolute atomic E-state index is 0.0749. The van der Waals surface area contributed by atoms with Gasteiger partial charge in [0.1, 0.15) is 5.82 Å². The van der Waals surface area contributed by atoms with Crippen molar-refractivity contribution in [3.63, 3.8) is 0 Å². The molecule has 128 valence electrons. The first-order valence-electron chi connectivity index (χ1n) is 7.31. The highest BCUT2D eigenvalue weighted by atomic mass is 32.1. The lowest BCUT2D eigenvalue weighted by molar-refractivity contribution is -0.137. The van der Waals surface area contributed by atoms with E-state index in [-0.39, 0.29) is 12.1 Å². The minimum atomic E-state index is -4.39. The summed E-state index contributed by atoms with van der Waals surface area (Å²) in [5, 5.41) is 8.22. The van der Waals surface area contributed by atoms with Gasteiger partial charge in [0.2, 0.25) is 0 Å². The summed E-state index contributed by atoms with van der Waals surface area (Å²) in [6.45, 7) is 1.14. The summed E-state index contributed by atoms with van der Waals surface area (Å²) in [6, 6.07) is 5.66. The predicted octanol–water partition coefficient (Wildman–Crippen LogP) is 3.56. The Labute approximate surface area is 140 Å². The maximum absolute atomic E-state index is 12.6. The van der Waals surface area contributed by atoms with Crippen LogP contribution in [-0.2, 0) is 6.18 Å². The Morgan fingerprint density at radius 2 is 2.17 bits per heavy atom. The molecule has 0 unspecified atom stereocenters. The van der Waals surface area contributed by atoms with Crippen LogP contribution >= 0.6 is 11.3 Å². The molecular formula is C15H15F3N4OS. The highest BCUT2D eigenvalue weighted by Gasteiger charge is 2.31. The van der Waals surface area contributed by atoms with Crippen LogP contribution < -0.4 is 15.5 Å². The summed E-state index contributed by atoms with van der Waals surface area (Å²) in [5.74, 6) is 0.478. The molecule has 0 spiro atoms. The molecule has 24 heavy (non-hydrogen) atoms. The van der Waals surface area contributed by atoms with Crippen molar-refractivity contribution in [3.05, 3.63) is 41.4 Å². The molecule has 0 aliphatic carbocycles. The van der Waals surface area contributed by atoms with Gasteiger partial charge >= 0.3 is 12.2 Å². The average molecular weight is 356 g/mol. The van der Waals surface area contributed by atoms with E-state index in [1.54, 1.807) is 6.07 Å². The normalized spacial score (nSPS) is 17.8. The first kappa shape index (κ1) is 16.6. The molecule has 5 nitrogen and oxygen atoms in total. The van der Waals surface area contributed by atoms with Crippen LogP contribution in [0.15, 0.2) is 35.8 Å². The first-order chi connectivity index (χ1) is 11.4. The van der Waals surface area contributed by atoms with E-state index in [1.165, 1.54) is 17.4 Å². The standard InChI is InChI=1S/C15H15F3N4OS/c16-15(17,18)10-3-4-12(19-8-10)22-6-5-11(9-22)20-14(23)21-13-2-1-7-24-13/h1-4,7-8,11H,5-6,9H2,(H2,20,21,23)/t11-/m1/s1. The monoisotopic (exact) mass is 356 g/mol. The van der Waals surface area contributed by atoms with Crippen molar-refractivity contribution in [3.8, 4) is 0 Å². The third-order valence-electron chi connectivity index (χ3n) is 3.68. The lowest BCUT2D eigenvalue weighted by Gasteiger charge is -2.18. The van der Waals surface area contributed by atoms with E-state index >= 15 is 0 Å². The molecule has 1 atom stereocenters. The summed E-state index contributed by atoms with van der Waals surface area (Å²) in [6.07, 6.45) is -2.85. The second-order valence-corrected chi connectivity index (χ2v) is 6.36. The second-order valence-electron chi connectivity index (χ2n) is 5.41. The van der Waals surface area contributed by atoms with E-state index in [0.29, 0.717) is 25.3 Å². The molecule has 0 bridgehead atoms. The van der Waals surface area contributed by atoms with Gasteiger partial charge in [-0.05, 0) is 36.1 Å². The SMILES string of the molecule is O=C(Nc1cccs1)N[C@@H]1CCN(c2ccc(C(F)(F)F)cn2)C1. The van der Waals surface area contributed by atoms with Crippen molar-refractivity contribution in [2.75, 3.05) is 23.3 Å². The summed E-state index contributed by atoms with van der Waals surface area (Å²) in [4.78, 5) is 17.6. The zero-order valence-electron chi connectivity index (χ0n) is 12.5. The van der Waals surface area contributed by atoms with Gasteiger partial charge in [-0.3, -0.25) is 5.32 Å². The number of hydrogen-bond acceptors (Lipinski definition) is 4. The molecule has 2 N–H and O–H groups in total. The molecule has 1 aliphatic rings. The van der Waals surface area contributed by atoms with Gasteiger partial charge in [0, 0.05) is 25.3 Å². The molecule has 3 heterocycles. The lowest BCUT2D eigenvalue weighted by Crippen LogP contribution is -2.39. The Morgan fingerprint density at radius 1 is 1.33 bits per heavy atom. The Bertz CT molecular complexity index is 688. The number of amides is 2. The van der Waals surface area contributed by atoms with Crippen LogP contribution in [-0.4, -0.2) is 30.1 Å². The summed E-state index contributed by atoms with van der Waals surface area (Å²) >= 11 is 1.43. The van der Waals surface area contributed by atoms with Crippen LogP contribution in [0.4, 0.5) is 28.8 Å². The van der Waals surface area contributed by atoms with Crippen LogP contribution in [0.5, 0.6) is 0 Å². The number of nitrogens with one attached hydrogen (secondary N) is 2. The van der Waals surface area contributed by atoms with Crippen LogP contribution in [0.1, 0.15) is 12.0 Å². The number of aromatic nitrogens is 1. The highest BCUT2D eigenvalue weighted by molar-refractivity contribution is 7.14. The maximum atomic E-state index is 12.6. The number of alkyl halides is 3. The molecule has 1 saturated heterocycles. The average Bonchev–Trinajstić information content (AvgIpc) is 3.18. The highest BCUT2D eigenvalue weighted by Crippen LogP contribution is 2.29. The number of urea groups is 1. The van der Waals surface area contributed by atoms with Crippen molar-refractivity contribution in [2.45, 2.75) is 18.6 Å². The van der Waals surface area contributed by atoms with Gasteiger partial charge < -0.3 is 10.2 Å². The Morgan fingerprint density at radius 3 is 2.79 bits per heavy atom. The summed E-state index contributed by atoms with van der Waals surface area (Å²) in [7, 11) is 0. The van der Waals surface area contributed by atoms with Gasteiger partial charge in [0.15, 0.2) is 0 Å². The summed E-state index contributed by atoms with van der Waals surface area (Å²) in [5.41, 5.74) is -0.768. The molecule has 2 aromatic rings. The Hall–Kier alpha value is -2.29. The molecule has 2 amide bonds. The fraction of sp³-hybridized carbons (Fsp3) is 0.333. The van der Waals surface area contributed by atoms with Crippen LogP contribution in [0.3, 0.4) is 0 Å². The fourth-order valence-corrected chi connectivity index (χ4v) is 3.12. The molecular weight excluding hydrogens is 341 g/mol. The molecule has 9 heteroatoms. The van der Waals surface area contributed by atoms with Gasteiger partial charge in [-0.25, -0.2) is 9.78 Å². The number of rotatable bonds is 3. The van der Waals surface area contributed by atoms with Crippen LogP contribution in [0.25, 0.3) is 0 Å². The maximum Gasteiger partial charge on any atom is 0.417 e. The molecule has 0 saturated carbocycles. The van der Waals surface area contributed by atoms with Crippen molar-refractivity contribution < 1.29 is 18.0 Å². The fourth-order valence-electron chi connectivity index (χ4n) is 2.51. The molecule has 0 aromatic carbocycles. The van der Waals surface area contributed by atoms with Gasteiger partial charge in [0.25, 0.3) is 0 Å². The van der Waals surface area contributed by atoms with Gasteiger partial charge in [-0.15, -0.1) is 11.3 Å². The topological polar surface area (TPSA) is 57.3 Å². The van der Waals surface area contributed by atoms with Crippen molar-refractivity contribution >= 4 is 28.2 Å². The zero-order chi connectivity index (χ0) is 17.2. The molecule has 0 radical (unpaired) electrons. The van der Waals surface area contributed by atoms with E-state index in [2.05, 4.69) is 15.6 Å². The number of carbonyl (C=O) groups is 1. The number of thiophene rings is 1. The molecule has 3 rings (SSSR count). The van der Waals surface area contributed by atoms with Crippen LogP contribution in [0.2, 0.25) is 0 Å². The zero-order valence-corrected chi connectivity index (χ0v) is 13.3. The van der Waals surface area contributed by atoms with Crippen molar-refractivity contribution in [1.82, 2.24) is 10.3 Å². The van der Waals surface area contributed by atoms with Crippen LogP contribution in [0, 0.1) is 0 Å². The number of anilines is 2. The van der Waals surface area contributed by atoms with E-state index in [1.807, 2.05) is 16.3 Å². The van der Waals surface area contributed by atoms with Gasteiger partial charge in [0.05, 0.1) is 10.6 Å².